The van der Waals surface area contributed by atoms with Crippen molar-refractivity contribution in [2.45, 2.75) is 38.6 Å². The summed E-state index contributed by atoms with van der Waals surface area (Å²) >= 11 is 0. The van der Waals surface area contributed by atoms with Crippen LogP contribution in [0.25, 0.3) is 0 Å². The molecule has 1 aromatic rings. The van der Waals surface area contributed by atoms with Gasteiger partial charge in [0.15, 0.2) is 6.61 Å². The van der Waals surface area contributed by atoms with Crippen molar-refractivity contribution >= 4 is 23.3 Å². The standard InChI is InChI=1S/C18H23N3O5/c1-10(15-7-11-2-3-12(15)6-11)20-17(22)9-26-18(23)14-5-4-13(21(24)25)8-16(14)19/h4-5,8,10-12,15H,2-3,6-7,9,19H2,1H3,(H,20,22)/t10-,11+,12+,15+/m1/s1. The fourth-order valence-electron chi connectivity index (χ4n) is 4.37. The second-order valence-corrected chi connectivity index (χ2v) is 7.30. The molecule has 0 unspecified atom stereocenters. The van der Waals surface area contributed by atoms with Crippen molar-refractivity contribution < 1.29 is 19.2 Å². The quantitative estimate of drug-likeness (QED) is 0.347. The molecular formula is C18H23N3O5. The number of nitrogens with one attached hydrogen (secondary N) is 1. The molecule has 8 heteroatoms. The van der Waals surface area contributed by atoms with E-state index in [1.165, 1.54) is 31.4 Å². The molecule has 2 saturated carbocycles. The first kappa shape index (κ1) is 18.2. The smallest absolute Gasteiger partial charge is 0.340 e. The van der Waals surface area contributed by atoms with Crippen LogP contribution in [-0.2, 0) is 9.53 Å². The van der Waals surface area contributed by atoms with Crippen molar-refractivity contribution in [3.63, 3.8) is 0 Å². The number of nitrogens with zero attached hydrogens (tertiary/aromatic N) is 1. The Balaban J connectivity index is 1.49. The molecule has 26 heavy (non-hydrogen) atoms. The summed E-state index contributed by atoms with van der Waals surface area (Å²) in [5.74, 6) is 0.859. The van der Waals surface area contributed by atoms with E-state index in [2.05, 4.69) is 5.32 Å². The Bertz CT molecular complexity index is 736. The third kappa shape index (κ3) is 3.79. The third-order valence-electron chi connectivity index (χ3n) is 5.62. The van der Waals surface area contributed by atoms with Gasteiger partial charge >= 0.3 is 5.97 Å². The summed E-state index contributed by atoms with van der Waals surface area (Å²) in [7, 11) is 0. The van der Waals surface area contributed by atoms with Crippen LogP contribution in [0.2, 0.25) is 0 Å². The molecule has 2 aliphatic carbocycles. The van der Waals surface area contributed by atoms with Crippen LogP contribution in [0.1, 0.15) is 43.0 Å². The summed E-state index contributed by atoms with van der Waals surface area (Å²) in [5.41, 5.74) is 5.40. The number of nitrogens with two attached hydrogens (primary N) is 1. The molecule has 8 nitrogen and oxygen atoms in total. The molecule has 0 saturated heterocycles. The van der Waals surface area contributed by atoms with E-state index >= 15 is 0 Å². The Morgan fingerprint density at radius 3 is 2.73 bits per heavy atom. The Morgan fingerprint density at radius 1 is 1.38 bits per heavy atom. The van der Waals surface area contributed by atoms with Crippen LogP contribution in [0.4, 0.5) is 11.4 Å². The number of hydrogen-bond acceptors (Lipinski definition) is 6. The lowest BCUT2D eigenvalue weighted by atomic mass is 9.84. The first-order chi connectivity index (χ1) is 12.3. The van der Waals surface area contributed by atoms with E-state index in [0.717, 1.165) is 18.4 Å². The van der Waals surface area contributed by atoms with Gasteiger partial charge in [0, 0.05) is 18.2 Å². The number of nitro benzene ring substituents is 1. The van der Waals surface area contributed by atoms with Gasteiger partial charge in [-0.2, -0.15) is 0 Å². The zero-order valence-corrected chi connectivity index (χ0v) is 14.6. The van der Waals surface area contributed by atoms with E-state index in [-0.39, 0.29) is 28.9 Å². The molecule has 3 rings (SSSR count). The van der Waals surface area contributed by atoms with Crippen LogP contribution in [0.5, 0.6) is 0 Å². The molecule has 3 N–H and O–H groups in total. The number of rotatable bonds is 6. The summed E-state index contributed by atoms with van der Waals surface area (Å²) in [6, 6.07) is 3.55. The van der Waals surface area contributed by atoms with Gasteiger partial charge in [0.25, 0.3) is 11.6 Å². The Labute approximate surface area is 151 Å². The molecular weight excluding hydrogens is 338 g/mol. The minimum atomic E-state index is -0.778. The van der Waals surface area contributed by atoms with E-state index in [4.69, 9.17) is 10.5 Å². The van der Waals surface area contributed by atoms with Gasteiger partial charge in [-0.1, -0.05) is 6.42 Å². The molecule has 1 aromatic carbocycles. The van der Waals surface area contributed by atoms with Crippen molar-refractivity contribution in [1.29, 1.82) is 0 Å². The van der Waals surface area contributed by atoms with E-state index in [0.29, 0.717) is 11.8 Å². The molecule has 0 radical (unpaired) electrons. The maximum absolute atomic E-state index is 12.1. The number of non-ortho nitro benzene ring substituents is 1. The van der Waals surface area contributed by atoms with Crippen LogP contribution < -0.4 is 11.1 Å². The van der Waals surface area contributed by atoms with Crippen LogP contribution in [0.15, 0.2) is 18.2 Å². The number of fused-ring (bicyclic) bond motifs is 2. The Kier molecular flexibility index (Phi) is 5.11. The first-order valence-corrected chi connectivity index (χ1v) is 8.85. The van der Waals surface area contributed by atoms with Gasteiger partial charge in [-0.05, 0) is 50.0 Å². The third-order valence-corrected chi connectivity index (χ3v) is 5.62. The Morgan fingerprint density at radius 2 is 2.15 bits per heavy atom. The van der Waals surface area contributed by atoms with E-state index in [1.807, 2.05) is 6.92 Å². The molecule has 140 valence electrons. The maximum Gasteiger partial charge on any atom is 0.340 e. The highest BCUT2D eigenvalue weighted by Gasteiger charge is 2.42. The van der Waals surface area contributed by atoms with Gasteiger partial charge in [-0.15, -0.1) is 0 Å². The highest BCUT2D eigenvalue weighted by atomic mass is 16.6. The number of carbonyl (C=O) groups excluding carboxylic acids is 2. The molecule has 2 bridgehead atoms. The fourth-order valence-corrected chi connectivity index (χ4v) is 4.37. The molecule has 2 fully saturated rings. The largest absolute Gasteiger partial charge is 0.452 e. The Hall–Kier alpha value is -2.64. The second kappa shape index (κ2) is 7.31. The zero-order valence-electron chi connectivity index (χ0n) is 14.6. The molecule has 0 aromatic heterocycles. The van der Waals surface area contributed by atoms with E-state index in [1.54, 1.807) is 0 Å². The molecule has 0 aliphatic heterocycles. The number of anilines is 1. The van der Waals surface area contributed by atoms with Gasteiger partial charge in [0.2, 0.25) is 0 Å². The average Bonchev–Trinajstić information content (AvgIpc) is 3.22. The van der Waals surface area contributed by atoms with Gasteiger partial charge in [-0.3, -0.25) is 14.9 Å². The lowest BCUT2D eigenvalue weighted by molar-refractivity contribution is -0.384. The van der Waals surface area contributed by atoms with Crippen molar-refractivity contribution in [2.75, 3.05) is 12.3 Å². The predicted octanol–water partition coefficient (Wildman–Crippen LogP) is 2.27. The van der Waals surface area contributed by atoms with Crippen LogP contribution in [-0.4, -0.2) is 29.4 Å². The second-order valence-electron chi connectivity index (χ2n) is 7.30. The van der Waals surface area contributed by atoms with Gasteiger partial charge in [0.05, 0.1) is 16.2 Å². The van der Waals surface area contributed by atoms with E-state index < -0.39 is 17.5 Å². The highest BCUT2D eigenvalue weighted by Crippen LogP contribution is 2.49. The van der Waals surface area contributed by atoms with Gasteiger partial charge < -0.3 is 15.8 Å². The predicted molar refractivity (Wildman–Crippen MR) is 94.3 cm³/mol. The minimum Gasteiger partial charge on any atom is -0.452 e. The molecule has 0 spiro atoms. The summed E-state index contributed by atoms with van der Waals surface area (Å²) in [6.07, 6.45) is 4.96. The maximum atomic E-state index is 12.1. The van der Waals surface area contributed by atoms with Crippen LogP contribution in [0, 0.1) is 27.9 Å². The average molecular weight is 361 g/mol. The summed E-state index contributed by atoms with van der Waals surface area (Å²) in [4.78, 5) is 34.2. The monoisotopic (exact) mass is 361 g/mol. The molecule has 4 atom stereocenters. The number of benzene rings is 1. The normalized spacial score (nSPS) is 24.9. The van der Waals surface area contributed by atoms with Crippen molar-refractivity contribution in [1.82, 2.24) is 5.32 Å². The number of nitro groups is 1. The summed E-state index contributed by atoms with van der Waals surface area (Å²) < 4.78 is 5.00. The number of hydrogen-bond donors (Lipinski definition) is 2. The lowest BCUT2D eigenvalue weighted by Crippen LogP contribution is -2.42. The SMILES string of the molecule is C[C@@H](NC(=O)COC(=O)c1ccc([N+](=O)[O-])cc1N)[C@@H]1C[C@H]2CC[C@H]1C2. The topological polar surface area (TPSA) is 125 Å². The van der Waals surface area contributed by atoms with Crippen LogP contribution in [0.3, 0.4) is 0 Å². The van der Waals surface area contributed by atoms with Crippen molar-refractivity contribution in [3.8, 4) is 0 Å². The zero-order chi connectivity index (χ0) is 18.8. The number of carbonyl (C=O) groups is 2. The highest BCUT2D eigenvalue weighted by molar-refractivity contribution is 5.96. The molecule has 1 amide bonds. The van der Waals surface area contributed by atoms with Crippen molar-refractivity contribution in [2.24, 2.45) is 17.8 Å². The number of ether oxygens (including phenoxy) is 1. The lowest BCUT2D eigenvalue weighted by Gasteiger charge is -2.28. The summed E-state index contributed by atoms with van der Waals surface area (Å²) in [6.45, 7) is 1.60. The van der Waals surface area contributed by atoms with Gasteiger partial charge in [-0.25, -0.2) is 4.79 Å². The number of nitrogen functional groups attached to an aromatic ring is 1. The molecule has 2 aliphatic rings. The van der Waals surface area contributed by atoms with Crippen LogP contribution >= 0.6 is 0 Å². The number of esters is 1. The molecule has 0 heterocycles. The number of amides is 1. The van der Waals surface area contributed by atoms with E-state index in [9.17, 15) is 19.7 Å². The summed E-state index contributed by atoms with van der Waals surface area (Å²) in [5, 5.41) is 13.6. The fraction of sp³-hybridized carbons (Fsp3) is 0.556. The first-order valence-electron chi connectivity index (χ1n) is 8.85. The van der Waals surface area contributed by atoms with Crippen molar-refractivity contribution in [3.05, 3.63) is 33.9 Å². The van der Waals surface area contributed by atoms with Gasteiger partial charge in [0.1, 0.15) is 0 Å². The minimum absolute atomic E-state index is 0.00421.